The lowest BCUT2D eigenvalue weighted by molar-refractivity contribution is 0.306. The third-order valence-electron chi connectivity index (χ3n) is 4.58. The molecule has 0 radical (unpaired) electrons. The van der Waals surface area contributed by atoms with Crippen LogP contribution in [0.3, 0.4) is 0 Å². The predicted octanol–water partition coefficient (Wildman–Crippen LogP) is 5.03. The number of halogens is 1. The molecule has 154 valence electrons. The van der Waals surface area contributed by atoms with Gasteiger partial charge in [0.25, 0.3) is 5.89 Å². The standard InChI is InChI=1S/C22H21ClN4O3/c1-4-19-25-21(30-26-19)20-22(28-3)27(14(2)24-20)17-6-5-7-18(12-17)29-13-15-8-10-16(23)11-9-15/h5-12H,4,13H2,1-3H3. The summed E-state index contributed by atoms with van der Waals surface area (Å²) < 4.78 is 18.9. The average Bonchev–Trinajstić information content (AvgIpc) is 3.37. The Bertz CT molecular complexity index is 1150. The van der Waals surface area contributed by atoms with Crippen molar-refractivity contribution in [1.82, 2.24) is 19.7 Å². The number of imidazole rings is 1. The molecule has 0 aliphatic rings. The van der Waals surface area contributed by atoms with Crippen molar-refractivity contribution in [2.75, 3.05) is 7.11 Å². The first kappa shape index (κ1) is 20.0. The largest absolute Gasteiger partial charge is 0.489 e. The third-order valence-corrected chi connectivity index (χ3v) is 4.83. The molecule has 2 aromatic carbocycles. The minimum Gasteiger partial charge on any atom is -0.489 e. The SMILES string of the molecule is CCc1noc(-c2nc(C)n(-c3cccc(OCc4ccc(Cl)cc4)c3)c2OC)n1. The Hall–Kier alpha value is -3.32. The molecule has 0 bridgehead atoms. The molecule has 2 aromatic heterocycles. The molecule has 4 aromatic rings. The molecule has 8 heteroatoms. The Kier molecular flexibility index (Phi) is 5.72. The minimum atomic E-state index is 0.334. The summed E-state index contributed by atoms with van der Waals surface area (Å²) in [6.07, 6.45) is 0.679. The number of rotatable bonds is 7. The van der Waals surface area contributed by atoms with Crippen LogP contribution in [0.25, 0.3) is 17.3 Å². The monoisotopic (exact) mass is 424 g/mol. The Labute approximate surface area is 179 Å². The summed E-state index contributed by atoms with van der Waals surface area (Å²) in [6.45, 7) is 4.29. The first-order valence-electron chi connectivity index (χ1n) is 9.53. The highest BCUT2D eigenvalue weighted by atomic mass is 35.5. The number of benzene rings is 2. The molecule has 0 fully saturated rings. The van der Waals surface area contributed by atoms with Gasteiger partial charge in [0.1, 0.15) is 18.2 Å². The molecule has 0 unspecified atom stereocenters. The molecule has 0 N–H and O–H groups in total. The Balaban J connectivity index is 1.63. The Morgan fingerprint density at radius 1 is 1.10 bits per heavy atom. The zero-order valence-corrected chi connectivity index (χ0v) is 17.7. The lowest BCUT2D eigenvalue weighted by Crippen LogP contribution is -2.01. The van der Waals surface area contributed by atoms with E-state index in [1.54, 1.807) is 7.11 Å². The molecular formula is C22H21ClN4O3. The van der Waals surface area contributed by atoms with Gasteiger partial charge in [0.05, 0.1) is 12.8 Å². The van der Waals surface area contributed by atoms with Crippen LogP contribution < -0.4 is 9.47 Å². The van der Waals surface area contributed by atoms with Crippen molar-refractivity contribution in [2.24, 2.45) is 0 Å². The van der Waals surface area contributed by atoms with Crippen molar-refractivity contribution < 1.29 is 14.0 Å². The summed E-state index contributed by atoms with van der Waals surface area (Å²) in [6, 6.07) is 15.3. The Morgan fingerprint density at radius 2 is 1.90 bits per heavy atom. The number of nitrogens with zero attached hydrogens (tertiary/aromatic N) is 4. The number of ether oxygens (including phenoxy) is 2. The van der Waals surface area contributed by atoms with E-state index in [2.05, 4.69) is 15.1 Å². The lowest BCUT2D eigenvalue weighted by Gasteiger charge is -2.12. The van der Waals surface area contributed by atoms with Crippen LogP contribution in [0.5, 0.6) is 11.6 Å². The van der Waals surface area contributed by atoms with Crippen LogP contribution in [0, 0.1) is 6.92 Å². The van der Waals surface area contributed by atoms with Gasteiger partial charge in [-0.1, -0.05) is 41.9 Å². The van der Waals surface area contributed by atoms with Crippen LogP contribution in [0.4, 0.5) is 0 Å². The molecule has 4 rings (SSSR count). The van der Waals surface area contributed by atoms with Gasteiger partial charge < -0.3 is 14.0 Å². The van der Waals surface area contributed by atoms with Crippen LogP contribution in [-0.4, -0.2) is 26.8 Å². The number of hydrogen-bond donors (Lipinski definition) is 0. The van der Waals surface area contributed by atoms with Gasteiger partial charge in [-0.05, 0) is 36.8 Å². The van der Waals surface area contributed by atoms with Crippen LogP contribution in [-0.2, 0) is 13.0 Å². The van der Waals surface area contributed by atoms with Gasteiger partial charge >= 0.3 is 0 Å². The molecular weight excluding hydrogens is 404 g/mol. The van der Waals surface area contributed by atoms with Crippen molar-refractivity contribution in [3.05, 3.63) is 70.8 Å². The lowest BCUT2D eigenvalue weighted by atomic mass is 10.2. The van der Waals surface area contributed by atoms with Gasteiger partial charge in [0.15, 0.2) is 11.5 Å². The molecule has 0 saturated carbocycles. The van der Waals surface area contributed by atoms with Gasteiger partial charge in [0, 0.05) is 17.5 Å². The fourth-order valence-corrected chi connectivity index (χ4v) is 3.22. The van der Waals surface area contributed by atoms with Gasteiger partial charge in [-0.3, -0.25) is 4.57 Å². The van der Waals surface area contributed by atoms with E-state index >= 15 is 0 Å². The van der Waals surface area contributed by atoms with Crippen molar-refractivity contribution in [1.29, 1.82) is 0 Å². The summed E-state index contributed by atoms with van der Waals surface area (Å²) >= 11 is 5.94. The topological polar surface area (TPSA) is 75.2 Å². The van der Waals surface area contributed by atoms with Crippen molar-refractivity contribution in [3.63, 3.8) is 0 Å². The number of aromatic nitrogens is 4. The van der Waals surface area contributed by atoms with Gasteiger partial charge in [-0.15, -0.1) is 0 Å². The molecule has 30 heavy (non-hydrogen) atoms. The summed E-state index contributed by atoms with van der Waals surface area (Å²) in [5.41, 5.74) is 2.40. The summed E-state index contributed by atoms with van der Waals surface area (Å²) in [4.78, 5) is 8.97. The van der Waals surface area contributed by atoms with E-state index in [4.69, 9.17) is 25.6 Å². The van der Waals surface area contributed by atoms with Crippen LogP contribution in [0.1, 0.15) is 24.1 Å². The molecule has 0 aliphatic carbocycles. The quantitative estimate of drug-likeness (QED) is 0.414. The van der Waals surface area contributed by atoms with E-state index in [0.29, 0.717) is 41.3 Å². The minimum absolute atomic E-state index is 0.334. The normalized spacial score (nSPS) is 10.9. The second kappa shape index (κ2) is 8.59. The highest BCUT2D eigenvalue weighted by Gasteiger charge is 2.23. The second-order valence-electron chi connectivity index (χ2n) is 6.63. The van der Waals surface area contributed by atoms with Crippen molar-refractivity contribution >= 4 is 11.6 Å². The maximum atomic E-state index is 5.96. The molecule has 0 spiro atoms. The molecule has 0 atom stereocenters. The zero-order valence-electron chi connectivity index (χ0n) is 16.9. The maximum Gasteiger partial charge on any atom is 0.282 e. The molecule has 0 amide bonds. The third kappa shape index (κ3) is 4.02. The highest BCUT2D eigenvalue weighted by molar-refractivity contribution is 6.30. The average molecular weight is 425 g/mol. The second-order valence-corrected chi connectivity index (χ2v) is 7.07. The zero-order chi connectivity index (χ0) is 21.1. The molecule has 7 nitrogen and oxygen atoms in total. The first-order chi connectivity index (χ1) is 14.6. The number of hydrogen-bond acceptors (Lipinski definition) is 6. The molecule has 0 aliphatic heterocycles. The van der Waals surface area contributed by atoms with E-state index in [1.807, 2.05) is 66.9 Å². The van der Waals surface area contributed by atoms with Crippen LogP contribution in [0.15, 0.2) is 53.1 Å². The van der Waals surface area contributed by atoms with Gasteiger partial charge in [-0.2, -0.15) is 4.98 Å². The van der Waals surface area contributed by atoms with E-state index in [9.17, 15) is 0 Å². The number of methoxy groups -OCH3 is 1. The fourth-order valence-electron chi connectivity index (χ4n) is 3.10. The summed E-state index contributed by atoms with van der Waals surface area (Å²) in [7, 11) is 1.59. The van der Waals surface area contributed by atoms with Gasteiger partial charge in [-0.25, -0.2) is 4.98 Å². The van der Waals surface area contributed by atoms with Gasteiger partial charge in [0.2, 0.25) is 5.88 Å². The smallest absolute Gasteiger partial charge is 0.282 e. The Morgan fingerprint density at radius 3 is 2.60 bits per heavy atom. The first-order valence-corrected chi connectivity index (χ1v) is 9.90. The molecule has 0 saturated heterocycles. The summed E-state index contributed by atoms with van der Waals surface area (Å²) in [5, 5.41) is 4.65. The van der Waals surface area contributed by atoms with E-state index in [1.165, 1.54) is 0 Å². The van der Waals surface area contributed by atoms with E-state index in [-0.39, 0.29) is 0 Å². The highest BCUT2D eigenvalue weighted by Crippen LogP contribution is 2.33. The van der Waals surface area contributed by atoms with Crippen molar-refractivity contribution in [3.8, 4) is 28.9 Å². The number of aryl methyl sites for hydroxylation is 2. The van der Waals surface area contributed by atoms with E-state index in [0.717, 1.165) is 22.8 Å². The maximum absolute atomic E-state index is 5.96. The van der Waals surface area contributed by atoms with Crippen molar-refractivity contribution in [2.45, 2.75) is 26.9 Å². The van der Waals surface area contributed by atoms with E-state index < -0.39 is 0 Å². The fraction of sp³-hybridized carbons (Fsp3) is 0.227. The predicted molar refractivity (Wildman–Crippen MR) is 113 cm³/mol. The summed E-state index contributed by atoms with van der Waals surface area (Å²) in [5.74, 6) is 2.93. The van der Waals surface area contributed by atoms with Crippen LogP contribution in [0.2, 0.25) is 5.02 Å². The molecule has 2 heterocycles. The van der Waals surface area contributed by atoms with Crippen LogP contribution >= 0.6 is 11.6 Å².